The van der Waals surface area contributed by atoms with Gasteiger partial charge in [0, 0.05) is 25.0 Å². The number of amides is 1. The summed E-state index contributed by atoms with van der Waals surface area (Å²) in [6.45, 7) is -0.355. The van der Waals surface area contributed by atoms with E-state index in [4.69, 9.17) is 0 Å². The molecule has 0 aliphatic carbocycles. The molecule has 2 aromatic rings. The second-order valence-corrected chi connectivity index (χ2v) is 6.91. The van der Waals surface area contributed by atoms with Crippen molar-refractivity contribution >= 4 is 21.6 Å². The van der Waals surface area contributed by atoms with Gasteiger partial charge in [0.1, 0.15) is 6.54 Å². The molecule has 0 unspecified atom stereocenters. The molecular formula is C15H15F2N3O3S. The van der Waals surface area contributed by atoms with Crippen LogP contribution in [0, 0.1) is 11.6 Å². The van der Waals surface area contributed by atoms with E-state index in [0.717, 1.165) is 30.0 Å². The van der Waals surface area contributed by atoms with Crippen LogP contribution in [0.5, 0.6) is 0 Å². The Morgan fingerprint density at radius 3 is 2.42 bits per heavy atom. The summed E-state index contributed by atoms with van der Waals surface area (Å²) in [5.74, 6) is -2.88. The van der Waals surface area contributed by atoms with Crippen LogP contribution in [0.2, 0.25) is 0 Å². The molecule has 128 valence electrons. The minimum atomic E-state index is -3.85. The topological polar surface area (TPSA) is 79.4 Å². The number of hydrogen-bond donors (Lipinski definition) is 1. The molecule has 0 bridgehead atoms. The van der Waals surface area contributed by atoms with Gasteiger partial charge in [0.15, 0.2) is 11.6 Å². The van der Waals surface area contributed by atoms with Crippen molar-refractivity contribution in [2.45, 2.75) is 6.54 Å². The molecule has 0 radical (unpaired) electrons. The number of anilines is 1. The lowest BCUT2D eigenvalue weighted by Crippen LogP contribution is -2.40. The lowest BCUT2D eigenvalue weighted by Gasteiger charge is -2.22. The first-order valence-electron chi connectivity index (χ1n) is 6.86. The number of rotatable bonds is 6. The van der Waals surface area contributed by atoms with Gasteiger partial charge in [-0.3, -0.25) is 14.1 Å². The van der Waals surface area contributed by atoms with Crippen molar-refractivity contribution in [1.29, 1.82) is 0 Å². The number of hydrogen-bond acceptors (Lipinski definition) is 4. The van der Waals surface area contributed by atoms with Crippen molar-refractivity contribution in [3.8, 4) is 0 Å². The normalized spacial score (nSPS) is 11.1. The van der Waals surface area contributed by atoms with Crippen LogP contribution in [0.4, 0.5) is 14.5 Å². The molecule has 1 N–H and O–H groups in total. The van der Waals surface area contributed by atoms with E-state index in [9.17, 15) is 22.0 Å². The average Bonchev–Trinajstić information content (AvgIpc) is 2.53. The van der Waals surface area contributed by atoms with Crippen molar-refractivity contribution < 1.29 is 22.0 Å². The van der Waals surface area contributed by atoms with E-state index in [-0.39, 0.29) is 12.2 Å². The van der Waals surface area contributed by atoms with Gasteiger partial charge in [0.2, 0.25) is 15.9 Å². The van der Waals surface area contributed by atoms with Crippen LogP contribution in [-0.2, 0) is 21.4 Å². The Labute approximate surface area is 138 Å². The molecule has 0 saturated heterocycles. The lowest BCUT2D eigenvalue weighted by molar-refractivity contribution is -0.119. The van der Waals surface area contributed by atoms with Crippen LogP contribution in [0.15, 0.2) is 42.7 Å². The molecule has 0 aliphatic rings. The van der Waals surface area contributed by atoms with E-state index in [1.807, 2.05) is 0 Å². The molecule has 24 heavy (non-hydrogen) atoms. The summed E-state index contributed by atoms with van der Waals surface area (Å²) in [5, 5.41) is 2.56. The van der Waals surface area contributed by atoms with Crippen molar-refractivity contribution in [1.82, 2.24) is 10.3 Å². The fourth-order valence-electron chi connectivity index (χ4n) is 1.93. The minimum absolute atomic E-state index is 0.129. The van der Waals surface area contributed by atoms with E-state index in [1.54, 1.807) is 24.5 Å². The van der Waals surface area contributed by atoms with Crippen LogP contribution >= 0.6 is 0 Å². The molecule has 0 fully saturated rings. The van der Waals surface area contributed by atoms with Gasteiger partial charge in [-0.1, -0.05) is 0 Å². The van der Waals surface area contributed by atoms with Crippen molar-refractivity contribution in [2.24, 2.45) is 0 Å². The number of nitrogens with zero attached hydrogens (tertiary/aromatic N) is 2. The largest absolute Gasteiger partial charge is 0.350 e. The second-order valence-electron chi connectivity index (χ2n) is 5.00. The highest BCUT2D eigenvalue weighted by molar-refractivity contribution is 7.92. The zero-order valence-electron chi connectivity index (χ0n) is 12.7. The van der Waals surface area contributed by atoms with Gasteiger partial charge < -0.3 is 5.32 Å². The Morgan fingerprint density at radius 1 is 1.17 bits per heavy atom. The van der Waals surface area contributed by atoms with E-state index >= 15 is 0 Å². The summed E-state index contributed by atoms with van der Waals surface area (Å²) in [7, 11) is -3.85. The number of nitrogens with one attached hydrogen (secondary N) is 1. The molecule has 2 rings (SSSR count). The molecule has 1 heterocycles. The van der Waals surface area contributed by atoms with Gasteiger partial charge in [-0.2, -0.15) is 0 Å². The predicted molar refractivity (Wildman–Crippen MR) is 84.6 cm³/mol. The third-order valence-corrected chi connectivity index (χ3v) is 4.26. The standard InChI is InChI=1S/C15H15F2N3O3S/c1-24(22,23)20(12-2-3-13(16)14(17)8-12)10-15(21)19-9-11-4-6-18-7-5-11/h2-8H,9-10H2,1H3,(H,19,21). The molecule has 1 aromatic carbocycles. The van der Waals surface area contributed by atoms with Gasteiger partial charge in [0.25, 0.3) is 0 Å². The molecule has 0 spiro atoms. The Bertz CT molecular complexity index is 829. The number of carbonyl (C=O) groups is 1. The fraction of sp³-hybridized carbons (Fsp3) is 0.200. The Hall–Kier alpha value is -2.55. The summed E-state index contributed by atoms with van der Waals surface area (Å²) in [5.41, 5.74) is 0.660. The summed E-state index contributed by atoms with van der Waals surface area (Å²) in [4.78, 5) is 15.8. The summed E-state index contributed by atoms with van der Waals surface area (Å²) in [6.07, 6.45) is 4.00. The number of halogens is 2. The lowest BCUT2D eigenvalue weighted by atomic mass is 10.2. The van der Waals surface area contributed by atoms with Gasteiger partial charge in [-0.15, -0.1) is 0 Å². The number of aromatic nitrogens is 1. The highest BCUT2D eigenvalue weighted by Crippen LogP contribution is 2.20. The van der Waals surface area contributed by atoms with E-state index in [1.165, 1.54) is 0 Å². The van der Waals surface area contributed by atoms with E-state index in [2.05, 4.69) is 10.3 Å². The van der Waals surface area contributed by atoms with Gasteiger partial charge in [-0.05, 0) is 29.8 Å². The molecule has 6 nitrogen and oxygen atoms in total. The maximum Gasteiger partial charge on any atom is 0.241 e. The third-order valence-electron chi connectivity index (χ3n) is 3.12. The molecule has 0 atom stereocenters. The number of carbonyl (C=O) groups excluding carboxylic acids is 1. The number of sulfonamides is 1. The summed E-state index contributed by atoms with van der Waals surface area (Å²) in [6, 6.07) is 6.02. The first-order chi connectivity index (χ1) is 11.3. The van der Waals surface area contributed by atoms with Crippen LogP contribution in [0.25, 0.3) is 0 Å². The number of benzene rings is 1. The molecule has 0 aliphatic heterocycles. The van der Waals surface area contributed by atoms with Crippen molar-refractivity contribution in [2.75, 3.05) is 17.1 Å². The smallest absolute Gasteiger partial charge is 0.241 e. The van der Waals surface area contributed by atoms with Crippen molar-refractivity contribution in [3.05, 3.63) is 59.9 Å². The minimum Gasteiger partial charge on any atom is -0.350 e. The zero-order valence-corrected chi connectivity index (χ0v) is 13.6. The van der Waals surface area contributed by atoms with E-state index < -0.39 is 34.1 Å². The third kappa shape index (κ3) is 4.72. The highest BCUT2D eigenvalue weighted by Gasteiger charge is 2.21. The maximum absolute atomic E-state index is 13.3. The number of pyridine rings is 1. The monoisotopic (exact) mass is 355 g/mol. The predicted octanol–water partition coefficient (Wildman–Crippen LogP) is 1.44. The molecule has 9 heteroatoms. The summed E-state index contributed by atoms with van der Waals surface area (Å²) < 4.78 is 50.8. The first kappa shape index (κ1) is 17.8. The van der Waals surface area contributed by atoms with Crippen LogP contribution < -0.4 is 9.62 Å². The van der Waals surface area contributed by atoms with Gasteiger partial charge in [-0.25, -0.2) is 17.2 Å². The molecular weight excluding hydrogens is 340 g/mol. The van der Waals surface area contributed by atoms with Crippen LogP contribution in [0.3, 0.4) is 0 Å². The molecule has 0 saturated carbocycles. The Morgan fingerprint density at radius 2 is 1.83 bits per heavy atom. The molecule has 1 aromatic heterocycles. The highest BCUT2D eigenvalue weighted by atomic mass is 32.2. The van der Waals surface area contributed by atoms with Gasteiger partial charge >= 0.3 is 0 Å². The fourth-order valence-corrected chi connectivity index (χ4v) is 2.78. The van der Waals surface area contributed by atoms with Gasteiger partial charge in [0.05, 0.1) is 11.9 Å². The zero-order chi connectivity index (χ0) is 17.7. The maximum atomic E-state index is 13.3. The molecule has 1 amide bonds. The Balaban J connectivity index is 2.11. The van der Waals surface area contributed by atoms with Crippen LogP contribution in [0.1, 0.15) is 5.56 Å². The average molecular weight is 355 g/mol. The second kappa shape index (κ2) is 7.35. The van der Waals surface area contributed by atoms with Crippen molar-refractivity contribution in [3.63, 3.8) is 0 Å². The summed E-state index contributed by atoms with van der Waals surface area (Å²) >= 11 is 0. The SMILES string of the molecule is CS(=O)(=O)N(CC(=O)NCc1ccncc1)c1ccc(F)c(F)c1. The van der Waals surface area contributed by atoms with E-state index in [0.29, 0.717) is 4.31 Å². The Kier molecular flexibility index (Phi) is 5.45. The van der Waals surface area contributed by atoms with Crippen LogP contribution in [-0.4, -0.2) is 32.1 Å². The first-order valence-corrected chi connectivity index (χ1v) is 8.70. The quantitative estimate of drug-likeness (QED) is 0.850.